The monoisotopic (exact) mass is 599 g/mol. The van der Waals surface area contributed by atoms with Gasteiger partial charge in [-0.25, -0.2) is 13.4 Å². The number of fused-ring (bicyclic) bond motifs is 1. The topological polar surface area (TPSA) is 135 Å². The van der Waals surface area contributed by atoms with Crippen molar-refractivity contribution in [3.8, 4) is 17.0 Å². The van der Waals surface area contributed by atoms with Crippen LogP contribution < -0.4 is 10.1 Å². The Bertz CT molecular complexity index is 1510. The Morgan fingerprint density at radius 2 is 1.85 bits per heavy atom. The number of ether oxygens (including phenoxy) is 2. The van der Waals surface area contributed by atoms with Gasteiger partial charge >= 0.3 is 5.97 Å². The molecule has 3 aromatic rings. The van der Waals surface area contributed by atoms with Crippen LogP contribution in [0.2, 0.25) is 0 Å². The van der Waals surface area contributed by atoms with Crippen LogP contribution >= 0.6 is 11.3 Å². The van der Waals surface area contributed by atoms with Crippen molar-refractivity contribution in [2.24, 2.45) is 5.41 Å². The minimum absolute atomic E-state index is 0.0937. The number of nitrogens with one attached hydrogen (secondary N) is 1. The van der Waals surface area contributed by atoms with E-state index in [0.717, 1.165) is 30.5 Å². The van der Waals surface area contributed by atoms with Crippen LogP contribution in [-0.4, -0.2) is 81.0 Å². The Morgan fingerprint density at radius 1 is 1.15 bits per heavy atom. The highest BCUT2D eigenvalue weighted by atomic mass is 32.2. The highest BCUT2D eigenvalue weighted by Crippen LogP contribution is 2.40. The van der Waals surface area contributed by atoms with Crippen molar-refractivity contribution in [3.63, 3.8) is 0 Å². The summed E-state index contributed by atoms with van der Waals surface area (Å²) in [4.78, 5) is 31.9. The molecule has 10 nitrogen and oxygen atoms in total. The molecule has 0 spiro atoms. The number of carbonyl (C=O) groups is 2. The van der Waals surface area contributed by atoms with Crippen LogP contribution in [0.1, 0.15) is 22.6 Å². The predicted octanol–water partition coefficient (Wildman–Crippen LogP) is 2.80. The van der Waals surface area contributed by atoms with Gasteiger partial charge in [0.15, 0.2) is 9.84 Å². The van der Waals surface area contributed by atoms with Crippen molar-refractivity contribution in [2.75, 3.05) is 45.7 Å². The molecule has 2 N–H and O–H groups in total. The number of aliphatic carboxylic acids is 1. The van der Waals surface area contributed by atoms with E-state index < -0.39 is 21.2 Å². The fourth-order valence-electron chi connectivity index (χ4n) is 5.40. The zero-order chi connectivity index (χ0) is 29.0. The maximum Gasteiger partial charge on any atom is 0.304 e. The Hall–Kier alpha value is -3.32. The summed E-state index contributed by atoms with van der Waals surface area (Å²) in [5.41, 5.74) is 2.15. The molecule has 2 aliphatic rings. The highest BCUT2D eigenvalue weighted by molar-refractivity contribution is 7.90. The van der Waals surface area contributed by atoms with Crippen LogP contribution in [0.3, 0.4) is 0 Å². The number of rotatable bonds is 11. The number of carboxylic acids is 1. The average Bonchev–Trinajstić information content (AvgIpc) is 3.56. The SMILES string of the molecule is CS(=O)(=O)c1cc(-c2csc(CNC(=O)C3(CC(=O)O)Cc4ccccc4C3)n2)ccc1OCCN1CCOCC1. The van der Waals surface area contributed by atoms with Crippen molar-refractivity contribution in [1.29, 1.82) is 0 Å². The van der Waals surface area contributed by atoms with Crippen molar-refractivity contribution < 1.29 is 32.6 Å². The second-order valence-electron chi connectivity index (χ2n) is 10.5. The second-order valence-corrected chi connectivity index (χ2v) is 13.4. The number of sulfone groups is 1. The van der Waals surface area contributed by atoms with Gasteiger partial charge in [-0.15, -0.1) is 11.3 Å². The molecule has 12 heteroatoms. The minimum Gasteiger partial charge on any atom is -0.491 e. The number of benzene rings is 2. The maximum atomic E-state index is 13.3. The third-order valence-corrected chi connectivity index (χ3v) is 9.47. The third kappa shape index (κ3) is 6.95. The summed E-state index contributed by atoms with van der Waals surface area (Å²) in [5.74, 6) is -1.03. The molecule has 0 atom stereocenters. The zero-order valence-corrected chi connectivity index (χ0v) is 24.4. The average molecular weight is 600 g/mol. The molecule has 2 aromatic carbocycles. The van der Waals surface area contributed by atoms with Gasteiger partial charge in [-0.2, -0.15) is 0 Å². The quantitative estimate of drug-likeness (QED) is 0.341. The number of amides is 1. The summed E-state index contributed by atoms with van der Waals surface area (Å²) in [6.45, 7) is 4.18. The van der Waals surface area contributed by atoms with Crippen LogP contribution in [0.5, 0.6) is 5.75 Å². The van der Waals surface area contributed by atoms with Gasteiger partial charge in [-0.3, -0.25) is 14.5 Å². The highest BCUT2D eigenvalue weighted by Gasteiger charge is 2.45. The van der Waals surface area contributed by atoms with E-state index in [-0.39, 0.29) is 23.8 Å². The van der Waals surface area contributed by atoms with Gasteiger partial charge in [0.1, 0.15) is 22.3 Å². The Kier molecular flexibility index (Phi) is 8.74. The predicted molar refractivity (Wildman–Crippen MR) is 154 cm³/mol. The zero-order valence-electron chi connectivity index (χ0n) is 22.8. The third-order valence-electron chi connectivity index (χ3n) is 7.51. The van der Waals surface area contributed by atoms with Crippen LogP contribution in [0.15, 0.2) is 52.7 Å². The number of hydrogen-bond acceptors (Lipinski definition) is 9. The van der Waals surface area contributed by atoms with Crippen molar-refractivity contribution in [1.82, 2.24) is 15.2 Å². The fraction of sp³-hybridized carbons (Fsp3) is 0.414. The van der Waals surface area contributed by atoms with Gasteiger partial charge in [-0.1, -0.05) is 24.3 Å². The normalized spacial score (nSPS) is 16.7. The Balaban J connectivity index is 1.25. The molecule has 5 rings (SSSR count). The van der Waals surface area contributed by atoms with Crippen molar-refractivity contribution >= 4 is 33.1 Å². The molecule has 218 valence electrons. The molecule has 1 amide bonds. The fourth-order valence-corrected chi connectivity index (χ4v) is 6.98. The summed E-state index contributed by atoms with van der Waals surface area (Å²) in [7, 11) is -3.57. The summed E-state index contributed by atoms with van der Waals surface area (Å²) in [6.07, 6.45) is 1.64. The van der Waals surface area contributed by atoms with Gasteiger partial charge in [0.25, 0.3) is 0 Å². The molecule has 0 bridgehead atoms. The van der Waals surface area contributed by atoms with E-state index in [0.29, 0.717) is 61.2 Å². The van der Waals surface area contributed by atoms with Crippen LogP contribution in [-0.2, 0) is 43.5 Å². The molecule has 1 saturated heterocycles. The number of hydrogen-bond donors (Lipinski definition) is 2. The number of morpholine rings is 1. The van der Waals surface area contributed by atoms with Gasteiger partial charge in [0.05, 0.1) is 37.3 Å². The molecule has 1 aliphatic carbocycles. The standard InChI is InChI=1S/C29H33N3O7S2/c1-41(36,37)25-14-20(6-7-24(25)39-13-10-32-8-11-38-12-9-32)23-19-40-26(31-23)18-30-28(35)29(17-27(33)34)15-21-4-2-3-5-22(21)16-29/h2-7,14,19H,8-13,15-18H2,1H3,(H,30,35)(H,33,34). The lowest BCUT2D eigenvalue weighted by molar-refractivity contribution is -0.145. The molecule has 2 heterocycles. The van der Waals surface area contributed by atoms with Gasteiger partial charge in [-0.05, 0) is 42.2 Å². The minimum atomic E-state index is -3.57. The number of carbonyl (C=O) groups excluding carboxylic acids is 1. The van der Waals surface area contributed by atoms with Crippen LogP contribution in [0, 0.1) is 5.41 Å². The van der Waals surface area contributed by atoms with Gasteiger partial charge in [0, 0.05) is 36.8 Å². The smallest absolute Gasteiger partial charge is 0.304 e. The first-order chi connectivity index (χ1) is 19.6. The molecular formula is C29H33N3O7S2. The van der Waals surface area contributed by atoms with E-state index in [1.54, 1.807) is 23.6 Å². The molecule has 0 radical (unpaired) electrons. The lowest BCUT2D eigenvalue weighted by atomic mass is 9.80. The molecule has 41 heavy (non-hydrogen) atoms. The lowest BCUT2D eigenvalue weighted by Gasteiger charge is -2.26. The lowest BCUT2D eigenvalue weighted by Crippen LogP contribution is -2.43. The van der Waals surface area contributed by atoms with Crippen LogP contribution in [0.4, 0.5) is 0 Å². The van der Waals surface area contributed by atoms with Crippen molar-refractivity contribution in [2.45, 2.75) is 30.7 Å². The summed E-state index contributed by atoms with van der Waals surface area (Å²) < 4.78 is 36.4. The summed E-state index contributed by atoms with van der Waals surface area (Å²) in [6, 6.07) is 12.6. The van der Waals surface area contributed by atoms with E-state index in [9.17, 15) is 23.1 Å². The maximum absolute atomic E-state index is 13.3. The molecular weight excluding hydrogens is 566 g/mol. The second kappa shape index (κ2) is 12.3. The molecule has 1 aliphatic heterocycles. The molecule has 1 aromatic heterocycles. The Labute approximate surface area is 243 Å². The molecule has 1 fully saturated rings. The molecule has 0 saturated carbocycles. The number of carboxylic acid groups (broad SMARTS) is 1. The van der Waals surface area contributed by atoms with Gasteiger partial charge in [0.2, 0.25) is 5.91 Å². The summed E-state index contributed by atoms with van der Waals surface area (Å²) >= 11 is 1.34. The van der Waals surface area contributed by atoms with E-state index >= 15 is 0 Å². The van der Waals surface area contributed by atoms with E-state index in [2.05, 4.69) is 15.2 Å². The largest absolute Gasteiger partial charge is 0.491 e. The van der Waals surface area contributed by atoms with Gasteiger partial charge < -0.3 is 19.9 Å². The van der Waals surface area contributed by atoms with E-state index in [1.165, 1.54) is 11.3 Å². The van der Waals surface area contributed by atoms with Crippen LogP contribution in [0.25, 0.3) is 11.3 Å². The van der Waals surface area contributed by atoms with E-state index in [1.807, 2.05) is 24.3 Å². The first-order valence-electron chi connectivity index (χ1n) is 13.4. The number of thiazole rings is 1. The molecule has 0 unspecified atom stereocenters. The Morgan fingerprint density at radius 3 is 2.51 bits per heavy atom. The van der Waals surface area contributed by atoms with Crippen molar-refractivity contribution in [3.05, 3.63) is 64.0 Å². The van der Waals surface area contributed by atoms with E-state index in [4.69, 9.17) is 9.47 Å². The first-order valence-corrected chi connectivity index (χ1v) is 16.2. The number of aromatic nitrogens is 1. The first kappa shape index (κ1) is 29.2. The summed E-state index contributed by atoms with van der Waals surface area (Å²) in [5, 5.41) is 14.9. The number of nitrogens with zero attached hydrogens (tertiary/aromatic N) is 2.